The number of hydrogen-bond acceptors (Lipinski definition) is 3. The quantitative estimate of drug-likeness (QED) is 0.751. The molecule has 1 rings (SSSR count). The van der Waals surface area contributed by atoms with Crippen molar-refractivity contribution in [2.45, 2.75) is 38.3 Å². The number of hydrogen-bond donors (Lipinski definition) is 2. The molecule has 0 amide bonds. The molecule has 1 aliphatic rings. The molecule has 0 aliphatic carbocycles. The van der Waals surface area contributed by atoms with Crippen molar-refractivity contribution >= 4 is 10.0 Å². The van der Waals surface area contributed by atoms with E-state index in [0.717, 1.165) is 32.4 Å². The van der Waals surface area contributed by atoms with E-state index in [1.165, 1.54) is 0 Å². The Hall–Kier alpha value is -0.340. The molecular weight excluding hydrogens is 281 g/mol. The first-order valence-corrected chi connectivity index (χ1v) is 8.18. The molecule has 0 radical (unpaired) electrons. The van der Waals surface area contributed by atoms with Crippen molar-refractivity contribution < 1.29 is 21.6 Å². The lowest BCUT2D eigenvalue weighted by Gasteiger charge is -2.22. The summed E-state index contributed by atoms with van der Waals surface area (Å²) in [6.45, 7) is 2.21. The number of piperidine rings is 1. The summed E-state index contributed by atoms with van der Waals surface area (Å²) in [5.41, 5.74) is 0. The van der Waals surface area contributed by atoms with Crippen LogP contribution in [0.4, 0.5) is 13.2 Å². The second-order valence-electron chi connectivity index (χ2n) is 4.91. The van der Waals surface area contributed by atoms with Crippen LogP contribution < -0.4 is 10.0 Å². The summed E-state index contributed by atoms with van der Waals surface area (Å²) in [7, 11) is -3.57. The van der Waals surface area contributed by atoms with Gasteiger partial charge in [-0.05, 0) is 44.7 Å². The molecule has 114 valence electrons. The topological polar surface area (TPSA) is 58.2 Å². The Morgan fingerprint density at radius 1 is 1.21 bits per heavy atom. The highest BCUT2D eigenvalue weighted by Gasteiger charge is 2.27. The Balaban J connectivity index is 2.15. The Kier molecular flexibility index (Phi) is 6.55. The number of sulfonamides is 1. The smallest absolute Gasteiger partial charge is 0.317 e. The van der Waals surface area contributed by atoms with Gasteiger partial charge in [-0.15, -0.1) is 0 Å². The van der Waals surface area contributed by atoms with Gasteiger partial charge in [0, 0.05) is 13.0 Å². The van der Waals surface area contributed by atoms with E-state index in [1.54, 1.807) is 0 Å². The standard InChI is InChI=1S/C11H21F3N2O2S/c12-11(13,14)5-1-9-19(17,18)16-8-4-10-2-6-15-7-3-10/h10,15-16H,1-9H2. The van der Waals surface area contributed by atoms with Crippen LogP contribution in [0.2, 0.25) is 0 Å². The van der Waals surface area contributed by atoms with Gasteiger partial charge >= 0.3 is 6.18 Å². The Morgan fingerprint density at radius 3 is 2.42 bits per heavy atom. The van der Waals surface area contributed by atoms with E-state index in [4.69, 9.17) is 0 Å². The molecule has 0 bridgehead atoms. The average molecular weight is 302 g/mol. The molecule has 0 spiro atoms. The SMILES string of the molecule is O=S(=O)(CCCC(F)(F)F)NCCC1CCNCC1. The van der Waals surface area contributed by atoms with Gasteiger partial charge in [0.15, 0.2) is 0 Å². The minimum Gasteiger partial charge on any atom is -0.317 e. The third-order valence-electron chi connectivity index (χ3n) is 3.21. The van der Waals surface area contributed by atoms with Crippen LogP contribution in [0.15, 0.2) is 0 Å². The molecule has 19 heavy (non-hydrogen) atoms. The van der Waals surface area contributed by atoms with Crippen LogP contribution in [0.3, 0.4) is 0 Å². The predicted octanol–water partition coefficient (Wildman–Crippen LogP) is 1.64. The van der Waals surface area contributed by atoms with Crippen molar-refractivity contribution in [1.29, 1.82) is 0 Å². The van der Waals surface area contributed by atoms with Crippen LogP contribution in [0, 0.1) is 5.92 Å². The van der Waals surface area contributed by atoms with Gasteiger partial charge in [0.1, 0.15) is 0 Å². The number of rotatable bonds is 7. The summed E-state index contributed by atoms with van der Waals surface area (Å²) in [5.74, 6) is 0.0396. The predicted molar refractivity (Wildman–Crippen MR) is 67.3 cm³/mol. The minimum atomic E-state index is -4.29. The highest BCUT2D eigenvalue weighted by atomic mass is 32.2. The highest BCUT2D eigenvalue weighted by Crippen LogP contribution is 2.21. The molecule has 0 aromatic rings. The Bertz CT molecular complexity index is 351. The molecule has 1 fully saturated rings. The van der Waals surface area contributed by atoms with Crippen LogP contribution >= 0.6 is 0 Å². The molecule has 0 atom stereocenters. The van der Waals surface area contributed by atoms with Crippen LogP contribution in [0.25, 0.3) is 0 Å². The van der Waals surface area contributed by atoms with Gasteiger partial charge in [-0.2, -0.15) is 13.2 Å². The zero-order chi connectivity index (χ0) is 14.4. The Labute approximate surface area is 112 Å². The number of alkyl halides is 3. The summed E-state index contributed by atoms with van der Waals surface area (Å²) in [4.78, 5) is 0. The maximum absolute atomic E-state index is 11.9. The van der Waals surface area contributed by atoms with Gasteiger partial charge in [0.25, 0.3) is 0 Å². The zero-order valence-electron chi connectivity index (χ0n) is 10.8. The summed E-state index contributed by atoms with van der Waals surface area (Å²) in [6.07, 6.45) is -2.93. The summed E-state index contributed by atoms with van der Waals surface area (Å²) in [6, 6.07) is 0. The van der Waals surface area contributed by atoms with Crippen LogP contribution in [-0.4, -0.2) is 40.0 Å². The lowest BCUT2D eigenvalue weighted by atomic mass is 9.95. The largest absolute Gasteiger partial charge is 0.389 e. The van der Waals surface area contributed by atoms with Crippen molar-refractivity contribution in [2.75, 3.05) is 25.4 Å². The second-order valence-corrected chi connectivity index (χ2v) is 6.84. The summed E-state index contributed by atoms with van der Waals surface area (Å²) >= 11 is 0. The maximum Gasteiger partial charge on any atom is 0.389 e. The van der Waals surface area contributed by atoms with E-state index >= 15 is 0 Å². The lowest BCUT2D eigenvalue weighted by molar-refractivity contribution is -0.134. The molecule has 8 heteroatoms. The van der Waals surface area contributed by atoms with Gasteiger partial charge in [0.2, 0.25) is 10.0 Å². The molecular formula is C11H21F3N2O2S. The molecule has 1 saturated heterocycles. The van der Waals surface area contributed by atoms with Crippen molar-refractivity contribution in [3.63, 3.8) is 0 Å². The van der Waals surface area contributed by atoms with E-state index in [9.17, 15) is 21.6 Å². The normalized spacial score (nSPS) is 18.7. The number of halogens is 3. The third kappa shape index (κ3) is 8.43. The summed E-state index contributed by atoms with van der Waals surface area (Å²) in [5, 5.41) is 3.22. The molecule has 0 saturated carbocycles. The molecule has 0 aromatic carbocycles. The van der Waals surface area contributed by atoms with Gasteiger partial charge in [-0.3, -0.25) is 0 Å². The first-order valence-electron chi connectivity index (χ1n) is 6.53. The zero-order valence-corrected chi connectivity index (χ0v) is 11.6. The first-order chi connectivity index (χ1) is 8.79. The van der Waals surface area contributed by atoms with Crippen molar-refractivity contribution in [3.8, 4) is 0 Å². The van der Waals surface area contributed by atoms with Crippen molar-refractivity contribution in [1.82, 2.24) is 10.0 Å². The van der Waals surface area contributed by atoms with Gasteiger partial charge in [-0.25, -0.2) is 13.1 Å². The average Bonchev–Trinajstić information content (AvgIpc) is 2.28. The lowest BCUT2D eigenvalue weighted by Crippen LogP contribution is -2.32. The van der Waals surface area contributed by atoms with Gasteiger partial charge in [-0.1, -0.05) is 0 Å². The molecule has 0 unspecified atom stereocenters. The maximum atomic E-state index is 11.9. The van der Waals surface area contributed by atoms with E-state index < -0.39 is 28.4 Å². The van der Waals surface area contributed by atoms with Crippen LogP contribution in [-0.2, 0) is 10.0 Å². The van der Waals surface area contributed by atoms with Crippen LogP contribution in [0.5, 0.6) is 0 Å². The minimum absolute atomic E-state index is 0.318. The summed E-state index contributed by atoms with van der Waals surface area (Å²) < 4.78 is 61.0. The molecule has 1 aliphatic heterocycles. The first kappa shape index (κ1) is 16.7. The Morgan fingerprint density at radius 2 is 1.84 bits per heavy atom. The van der Waals surface area contributed by atoms with E-state index in [2.05, 4.69) is 10.0 Å². The molecule has 0 aromatic heterocycles. The second kappa shape index (κ2) is 7.44. The fourth-order valence-electron chi connectivity index (χ4n) is 2.12. The monoisotopic (exact) mass is 302 g/mol. The van der Waals surface area contributed by atoms with E-state index in [1.807, 2.05) is 0 Å². The van der Waals surface area contributed by atoms with Crippen LogP contribution in [0.1, 0.15) is 32.1 Å². The molecule has 1 heterocycles. The number of nitrogens with one attached hydrogen (secondary N) is 2. The van der Waals surface area contributed by atoms with Gasteiger partial charge < -0.3 is 5.32 Å². The fourth-order valence-corrected chi connectivity index (χ4v) is 3.22. The van der Waals surface area contributed by atoms with Crippen molar-refractivity contribution in [3.05, 3.63) is 0 Å². The molecule has 2 N–H and O–H groups in total. The van der Waals surface area contributed by atoms with Gasteiger partial charge in [0.05, 0.1) is 5.75 Å². The molecule has 4 nitrogen and oxygen atoms in total. The fraction of sp³-hybridized carbons (Fsp3) is 1.00. The van der Waals surface area contributed by atoms with Crippen molar-refractivity contribution in [2.24, 2.45) is 5.92 Å². The van der Waals surface area contributed by atoms with E-state index in [0.29, 0.717) is 12.5 Å². The third-order valence-corrected chi connectivity index (χ3v) is 4.68. The van der Waals surface area contributed by atoms with E-state index in [-0.39, 0.29) is 6.42 Å². The highest BCUT2D eigenvalue weighted by molar-refractivity contribution is 7.89.